The van der Waals surface area contributed by atoms with Crippen LogP contribution in [0, 0.1) is 5.92 Å². The Morgan fingerprint density at radius 2 is 2.12 bits per heavy atom. The van der Waals surface area contributed by atoms with Crippen molar-refractivity contribution in [1.82, 2.24) is 9.55 Å². The van der Waals surface area contributed by atoms with E-state index >= 15 is 0 Å². The van der Waals surface area contributed by atoms with Crippen LogP contribution in [0.4, 0.5) is 0 Å². The summed E-state index contributed by atoms with van der Waals surface area (Å²) in [6, 6.07) is 5.35. The molecule has 84 valence electrons. The van der Waals surface area contributed by atoms with Crippen molar-refractivity contribution in [2.45, 2.75) is 26.8 Å². The monoisotopic (exact) mass is 216 g/mol. The second kappa shape index (κ2) is 4.47. The van der Waals surface area contributed by atoms with Gasteiger partial charge in [0.15, 0.2) is 0 Å². The van der Waals surface area contributed by atoms with Crippen LogP contribution >= 0.6 is 0 Å². The zero-order chi connectivity index (χ0) is 11.5. The molecule has 16 heavy (non-hydrogen) atoms. The molecule has 0 saturated heterocycles. The number of rotatable bonds is 3. The minimum Gasteiger partial charge on any atom is -0.308 e. The fraction of sp³-hybridized carbons (Fsp3) is 0.385. The van der Waals surface area contributed by atoms with Crippen LogP contribution in [0.2, 0.25) is 0 Å². The maximum absolute atomic E-state index is 11.8. The first-order valence-electron chi connectivity index (χ1n) is 5.62. The Labute approximate surface area is 94.7 Å². The summed E-state index contributed by atoms with van der Waals surface area (Å²) in [5.41, 5.74) is 1.04. The summed E-state index contributed by atoms with van der Waals surface area (Å²) in [6.45, 7) is 5.10. The number of nitrogens with zero attached hydrogens (tertiary/aromatic N) is 2. The molecule has 0 N–H and O–H groups in total. The molecular weight excluding hydrogens is 200 g/mol. The highest BCUT2D eigenvalue weighted by atomic mass is 16.1. The lowest BCUT2D eigenvalue weighted by Gasteiger charge is -2.10. The van der Waals surface area contributed by atoms with E-state index in [-0.39, 0.29) is 5.56 Å². The summed E-state index contributed by atoms with van der Waals surface area (Å²) in [5, 5.41) is 1.02. The van der Waals surface area contributed by atoms with Crippen molar-refractivity contribution in [2.75, 3.05) is 0 Å². The Hall–Kier alpha value is -1.64. The fourth-order valence-electron chi connectivity index (χ4n) is 1.76. The Kier molecular flexibility index (Phi) is 3.04. The molecule has 2 heterocycles. The number of hydrogen-bond acceptors (Lipinski definition) is 2. The van der Waals surface area contributed by atoms with Gasteiger partial charge in [-0.05, 0) is 24.5 Å². The summed E-state index contributed by atoms with van der Waals surface area (Å²) < 4.78 is 1.83. The molecule has 0 saturated carbocycles. The first-order valence-corrected chi connectivity index (χ1v) is 5.62. The van der Waals surface area contributed by atoms with E-state index in [1.54, 1.807) is 18.5 Å². The summed E-state index contributed by atoms with van der Waals surface area (Å²) in [6.07, 6.45) is 4.54. The third-order valence-electron chi connectivity index (χ3n) is 2.72. The Balaban J connectivity index is 2.49. The molecule has 0 amide bonds. The van der Waals surface area contributed by atoms with Crippen molar-refractivity contribution in [1.29, 1.82) is 0 Å². The van der Waals surface area contributed by atoms with Crippen LogP contribution in [0.3, 0.4) is 0 Å². The Morgan fingerprint density at radius 1 is 1.31 bits per heavy atom. The van der Waals surface area contributed by atoms with Crippen molar-refractivity contribution in [3.63, 3.8) is 0 Å². The van der Waals surface area contributed by atoms with Crippen LogP contribution in [0.25, 0.3) is 10.9 Å². The van der Waals surface area contributed by atoms with E-state index in [0.29, 0.717) is 5.92 Å². The van der Waals surface area contributed by atoms with Crippen molar-refractivity contribution in [3.05, 3.63) is 40.9 Å². The van der Waals surface area contributed by atoms with Gasteiger partial charge < -0.3 is 4.57 Å². The Morgan fingerprint density at radius 3 is 2.88 bits per heavy atom. The van der Waals surface area contributed by atoms with Gasteiger partial charge in [-0.1, -0.05) is 13.8 Å². The third-order valence-corrected chi connectivity index (χ3v) is 2.72. The molecule has 3 heteroatoms. The topological polar surface area (TPSA) is 34.9 Å². The molecule has 2 aromatic heterocycles. The Bertz CT molecular complexity index is 543. The maximum Gasteiger partial charge on any atom is 0.251 e. The van der Waals surface area contributed by atoms with Gasteiger partial charge in [-0.25, -0.2) is 0 Å². The molecule has 0 atom stereocenters. The molecule has 0 bridgehead atoms. The van der Waals surface area contributed by atoms with Crippen LogP contribution in [0.5, 0.6) is 0 Å². The van der Waals surface area contributed by atoms with E-state index in [1.165, 1.54) is 0 Å². The van der Waals surface area contributed by atoms with Crippen LogP contribution in [-0.2, 0) is 6.54 Å². The van der Waals surface area contributed by atoms with E-state index < -0.39 is 0 Å². The molecule has 0 aliphatic heterocycles. The van der Waals surface area contributed by atoms with Crippen molar-refractivity contribution < 1.29 is 0 Å². The normalized spacial score (nSPS) is 11.2. The van der Waals surface area contributed by atoms with Gasteiger partial charge in [0.2, 0.25) is 0 Å². The van der Waals surface area contributed by atoms with Gasteiger partial charge in [-0.15, -0.1) is 0 Å². The van der Waals surface area contributed by atoms with Crippen LogP contribution in [-0.4, -0.2) is 9.55 Å². The van der Waals surface area contributed by atoms with Crippen molar-refractivity contribution in [3.8, 4) is 0 Å². The standard InChI is InChI=1S/C13H16N2O/c1-10(2)6-8-15-12-5-7-14-9-11(12)3-4-13(15)16/h3-5,7,9-10H,6,8H2,1-2H3. The summed E-state index contributed by atoms with van der Waals surface area (Å²) in [7, 11) is 0. The lowest BCUT2D eigenvalue weighted by molar-refractivity contribution is 0.517. The van der Waals surface area contributed by atoms with E-state index in [4.69, 9.17) is 0 Å². The highest BCUT2D eigenvalue weighted by molar-refractivity contribution is 5.77. The lowest BCUT2D eigenvalue weighted by Crippen LogP contribution is -2.20. The number of pyridine rings is 2. The quantitative estimate of drug-likeness (QED) is 0.789. The highest BCUT2D eigenvalue weighted by Gasteiger charge is 2.03. The number of fused-ring (bicyclic) bond motifs is 1. The van der Waals surface area contributed by atoms with Crippen LogP contribution in [0.15, 0.2) is 35.4 Å². The smallest absolute Gasteiger partial charge is 0.251 e. The van der Waals surface area contributed by atoms with E-state index in [1.807, 2.05) is 16.7 Å². The van der Waals surface area contributed by atoms with Gasteiger partial charge in [-0.3, -0.25) is 9.78 Å². The first-order chi connectivity index (χ1) is 7.68. The van der Waals surface area contributed by atoms with Gasteiger partial charge in [0, 0.05) is 30.4 Å². The summed E-state index contributed by atoms with van der Waals surface area (Å²) >= 11 is 0. The molecule has 0 aromatic carbocycles. The molecule has 0 aliphatic carbocycles. The minimum atomic E-state index is 0.0688. The minimum absolute atomic E-state index is 0.0688. The zero-order valence-corrected chi connectivity index (χ0v) is 9.68. The summed E-state index contributed by atoms with van der Waals surface area (Å²) in [4.78, 5) is 15.9. The third kappa shape index (κ3) is 2.13. The zero-order valence-electron chi connectivity index (χ0n) is 9.68. The molecule has 0 spiro atoms. The lowest BCUT2D eigenvalue weighted by atomic mass is 10.1. The molecule has 2 aromatic rings. The predicted molar refractivity (Wildman–Crippen MR) is 65.5 cm³/mol. The SMILES string of the molecule is CC(C)CCn1c(=O)ccc2cnccc21. The van der Waals surface area contributed by atoms with Crippen LogP contribution < -0.4 is 5.56 Å². The van der Waals surface area contributed by atoms with Crippen LogP contribution in [0.1, 0.15) is 20.3 Å². The second-order valence-electron chi connectivity index (χ2n) is 4.44. The van der Waals surface area contributed by atoms with Gasteiger partial charge in [0.25, 0.3) is 5.56 Å². The number of hydrogen-bond donors (Lipinski definition) is 0. The molecule has 0 unspecified atom stereocenters. The maximum atomic E-state index is 11.8. The second-order valence-corrected chi connectivity index (χ2v) is 4.44. The number of aromatic nitrogens is 2. The molecule has 0 aliphatic rings. The number of aryl methyl sites for hydroxylation is 1. The van der Waals surface area contributed by atoms with Crippen molar-refractivity contribution >= 4 is 10.9 Å². The van der Waals surface area contributed by atoms with Gasteiger partial charge in [0.05, 0.1) is 5.52 Å². The molecule has 2 rings (SSSR count). The average molecular weight is 216 g/mol. The van der Waals surface area contributed by atoms with Gasteiger partial charge in [-0.2, -0.15) is 0 Å². The predicted octanol–water partition coefficient (Wildman–Crippen LogP) is 2.44. The molecule has 3 nitrogen and oxygen atoms in total. The van der Waals surface area contributed by atoms with E-state index in [9.17, 15) is 4.79 Å². The van der Waals surface area contributed by atoms with Gasteiger partial charge in [0.1, 0.15) is 0 Å². The summed E-state index contributed by atoms with van der Waals surface area (Å²) in [5.74, 6) is 0.601. The van der Waals surface area contributed by atoms with Crippen molar-refractivity contribution in [2.24, 2.45) is 5.92 Å². The van der Waals surface area contributed by atoms with E-state index in [2.05, 4.69) is 18.8 Å². The fourth-order valence-corrected chi connectivity index (χ4v) is 1.76. The van der Waals surface area contributed by atoms with Gasteiger partial charge >= 0.3 is 0 Å². The first kappa shape index (κ1) is 10.9. The molecule has 0 fully saturated rings. The largest absolute Gasteiger partial charge is 0.308 e. The molecule has 0 radical (unpaired) electrons. The average Bonchev–Trinajstić information content (AvgIpc) is 2.27. The highest BCUT2D eigenvalue weighted by Crippen LogP contribution is 2.11. The molecular formula is C13H16N2O. The van der Waals surface area contributed by atoms with E-state index in [0.717, 1.165) is 23.9 Å².